The third-order valence-corrected chi connectivity index (χ3v) is 6.71. The number of carboxylic acid groups (broad SMARTS) is 1. The summed E-state index contributed by atoms with van der Waals surface area (Å²) >= 11 is 0. The minimum atomic E-state index is -3.97. The van der Waals surface area contributed by atoms with Crippen LogP contribution in [0.15, 0.2) is 21.9 Å². The zero-order valence-corrected chi connectivity index (χ0v) is 15.7. The Hall–Kier alpha value is -1.43. The number of carboxylic acids is 1. The first-order valence-corrected chi connectivity index (χ1v) is 8.15. The van der Waals surface area contributed by atoms with E-state index in [0.29, 0.717) is 5.76 Å². The molecule has 3 rings (SSSR count). The third-order valence-electron chi connectivity index (χ3n) is 4.04. The molecule has 0 radical (unpaired) electrons. The van der Waals surface area contributed by atoms with Crippen molar-refractivity contribution in [2.24, 2.45) is 5.16 Å². The summed E-state index contributed by atoms with van der Waals surface area (Å²) in [7, 11) is -3.97. The van der Waals surface area contributed by atoms with Gasteiger partial charge in [0, 0.05) is 6.07 Å². The quantitative estimate of drug-likeness (QED) is 0.219. The van der Waals surface area contributed by atoms with Gasteiger partial charge in [-0.2, -0.15) is 0 Å². The van der Waals surface area contributed by atoms with Crippen molar-refractivity contribution in [3.05, 3.63) is 18.0 Å². The van der Waals surface area contributed by atoms with Crippen LogP contribution >= 0.6 is 0 Å². The molecule has 1 amide bonds. The Morgan fingerprint density at radius 2 is 2.38 bits per heavy atom. The van der Waals surface area contributed by atoms with E-state index < -0.39 is 37.9 Å². The number of carbonyl (C=O) groups is 2. The maximum Gasteiger partial charge on any atom is 1.00 e. The van der Waals surface area contributed by atoms with Crippen LogP contribution in [0.3, 0.4) is 0 Å². The molecule has 3 heterocycles. The monoisotopic (exact) mass is 365 g/mol. The van der Waals surface area contributed by atoms with Crippen molar-refractivity contribution in [2.75, 3.05) is 0 Å². The van der Waals surface area contributed by atoms with Gasteiger partial charge >= 0.3 is 29.6 Å². The summed E-state index contributed by atoms with van der Waals surface area (Å²) < 4.78 is 27.8. The van der Waals surface area contributed by atoms with Gasteiger partial charge in [-0.05, 0) is 6.92 Å². The number of nitrogens with zero attached hydrogens (tertiary/aromatic N) is 3. The molecule has 3 atom stereocenters. The summed E-state index contributed by atoms with van der Waals surface area (Å²) in [6.07, 6.45) is 2.03. The fourth-order valence-electron chi connectivity index (χ4n) is 2.75. The van der Waals surface area contributed by atoms with Crippen molar-refractivity contribution in [2.45, 2.75) is 36.1 Å². The number of carbonyl (C=O) groups excluding carboxylic acids is 2. The van der Waals surface area contributed by atoms with E-state index in [1.54, 1.807) is 0 Å². The number of aliphatic carboxylic acids is 1. The van der Waals surface area contributed by atoms with E-state index in [4.69, 9.17) is 9.36 Å². The number of oxime groups is 1. The van der Waals surface area contributed by atoms with Crippen molar-refractivity contribution < 1.29 is 62.0 Å². The minimum Gasteiger partial charge on any atom is -0.548 e. The van der Waals surface area contributed by atoms with Crippen LogP contribution in [0.1, 0.15) is 19.1 Å². The molecule has 0 aromatic carbocycles. The number of β-lactam (4-membered cyclic amide) rings is 1. The number of fused-ring (bicyclic) bond motifs is 1. The molecule has 124 valence electrons. The Balaban J connectivity index is 0.00000208. The van der Waals surface area contributed by atoms with Gasteiger partial charge in [-0.1, -0.05) is 10.3 Å². The van der Waals surface area contributed by atoms with Crippen LogP contribution in [-0.4, -0.2) is 52.7 Å². The first-order valence-electron chi connectivity index (χ1n) is 6.60. The topological polar surface area (TPSA) is 142 Å². The van der Waals surface area contributed by atoms with Crippen molar-refractivity contribution in [3.8, 4) is 0 Å². The third kappa shape index (κ3) is 2.65. The van der Waals surface area contributed by atoms with Gasteiger partial charge in [0.05, 0.1) is 30.8 Å². The van der Waals surface area contributed by atoms with Crippen LogP contribution < -0.4 is 34.7 Å². The predicted octanol–water partition coefficient (Wildman–Crippen LogP) is -4.95. The van der Waals surface area contributed by atoms with Gasteiger partial charge in [-0.15, -0.1) is 0 Å². The van der Waals surface area contributed by atoms with Gasteiger partial charge in [-0.3, -0.25) is 4.79 Å². The van der Waals surface area contributed by atoms with Crippen molar-refractivity contribution in [3.63, 3.8) is 0 Å². The summed E-state index contributed by atoms with van der Waals surface area (Å²) in [5.74, 6) is -1.85. The Kier molecular flexibility index (Phi) is 5.09. The first-order chi connectivity index (χ1) is 10.8. The smallest absolute Gasteiger partial charge is 0.548 e. The molecule has 0 N–H and O–H groups in total. The molecule has 0 aliphatic carbocycles. The summed E-state index contributed by atoms with van der Waals surface area (Å²) in [5, 5.41) is 17.2. The molecule has 24 heavy (non-hydrogen) atoms. The molecular weight excluding hydrogens is 353 g/mol. The molecule has 0 bridgehead atoms. The molecule has 1 aromatic heterocycles. The van der Waals surface area contributed by atoms with Crippen LogP contribution in [-0.2, 0) is 30.9 Å². The normalized spacial score (nSPS) is 30.5. The SMILES string of the molecule is C[C@]1(/C=N\OCc2ccno2)[C@H](C(=O)[O-])N2C(=O)C[C@H]2S1(=O)=O.[Na+]. The maximum atomic E-state index is 12.5. The van der Waals surface area contributed by atoms with Gasteiger partial charge in [0.25, 0.3) is 0 Å². The van der Waals surface area contributed by atoms with Crippen molar-refractivity contribution >= 4 is 27.9 Å². The zero-order chi connectivity index (χ0) is 16.8. The number of aromatic nitrogens is 1. The average Bonchev–Trinajstić information content (AvgIpc) is 3.02. The fraction of sp³-hybridized carbons (Fsp3) is 0.500. The van der Waals surface area contributed by atoms with Gasteiger partial charge in [-0.25, -0.2) is 8.42 Å². The average molecular weight is 365 g/mol. The van der Waals surface area contributed by atoms with Crippen LogP contribution in [0, 0.1) is 0 Å². The van der Waals surface area contributed by atoms with Gasteiger partial charge in [0.2, 0.25) is 5.91 Å². The van der Waals surface area contributed by atoms with E-state index in [9.17, 15) is 23.1 Å². The van der Waals surface area contributed by atoms with Gasteiger partial charge < -0.3 is 24.2 Å². The van der Waals surface area contributed by atoms with Crippen molar-refractivity contribution in [1.29, 1.82) is 0 Å². The van der Waals surface area contributed by atoms with E-state index in [2.05, 4.69) is 10.3 Å². The van der Waals surface area contributed by atoms with E-state index in [1.807, 2.05) is 0 Å². The second-order valence-corrected chi connectivity index (χ2v) is 7.91. The number of rotatable bonds is 5. The predicted molar refractivity (Wildman–Crippen MR) is 71.2 cm³/mol. The molecule has 2 aliphatic rings. The molecule has 10 nitrogen and oxygen atoms in total. The molecule has 12 heteroatoms. The first kappa shape index (κ1) is 18.9. The standard InChI is InChI=1S/C12H13N3O7S.Na/c1-12(6-14-21-5-7-2-3-13-22-7)10(11(17)18)15-8(16)4-9(15)23(12,19)20;/h2-3,6,9-10H,4-5H2,1H3,(H,17,18);/q;+1/p-1/b14-6-;/t9-,10+,12+;/m1./s1. The largest absolute Gasteiger partial charge is 1.00 e. The van der Waals surface area contributed by atoms with Gasteiger partial charge in [0.15, 0.2) is 22.2 Å². The van der Waals surface area contributed by atoms with E-state index in [-0.39, 0.29) is 42.6 Å². The second kappa shape index (κ2) is 6.47. The number of hydrogen-bond acceptors (Lipinski definition) is 9. The molecular formula is C12H12N3NaO7S. The van der Waals surface area contributed by atoms with E-state index in [0.717, 1.165) is 11.1 Å². The van der Waals surface area contributed by atoms with Crippen LogP contribution in [0.5, 0.6) is 0 Å². The Labute approximate surface area is 159 Å². The molecule has 1 aromatic rings. The summed E-state index contributed by atoms with van der Waals surface area (Å²) in [6, 6.07) is -0.116. The molecule has 2 saturated heterocycles. The van der Waals surface area contributed by atoms with E-state index >= 15 is 0 Å². The van der Waals surface area contributed by atoms with Crippen LogP contribution in [0.4, 0.5) is 0 Å². The molecule has 0 spiro atoms. The summed E-state index contributed by atoms with van der Waals surface area (Å²) in [4.78, 5) is 28.6. The maximum absolute atomic E-state index is 12.5. The molecule has 0 unspecified atom stereocenters. The molecule has 0 saturated carbocycles. The number of sulfone groups is 1. The zero-order valence-electron chi connectivity index (χ0n) is 12.9. The molecule has 2 aliphatic heterocycles. The number of amides is 1. The van der Waals surface area contributed by atoms with E-state index in [1.165, 1.54) is 19.2 Å². The minimum absolute atomic E-state index is 0. The fourth-order valence-corrected chi connectivity index (χ4v) is 4.94. The van der Waals surface area contributed by atoms with Crippen LogP contribution in [0.2, 0.25) is 0 Å². The summed E-state index contributed by atoms with van der Waals surface area (Å²) in [5.41, 5.74) is 0. The Morgan fingerprint density at radius 1 is 1.67 bits per heavy atom. The van der Waals surface area contributed by atoms with Crippen molar-refractivity contribution in [1.82, 2.24) is 10.1 Å². The Bertz CT molecular complexity index is 779. The molecule has 2 fully saturated rings. The van der Waals surface area contributed by atoms with Crippen LogP contribution in [0.25, 0.3) is 0 Å². The number of hydrogen-bond donors (Lipinski definition) is 0. The summed E-state index contributed by atoms with van der Waals surface area (Å²) in [6.45, 7) is 1.07. The van der Waals surface area contributed by atoms with Gasteiger partial charge in [0.1, 0.15) is 10.1 Å². The second-order valence-electron chi connectivity index (χ2n) is 5.40. The Morgan fingerprint density at radius 3 is 2.92 bits per heavy atom.